The molecule has 1 amide bonds. The highest BCUT2D eigenvalue weighted by molar-refractivity contribution is 5.94. The molecule has 0 aromatic heterocycles. The van der Waals surface area contributed by atoms with Gasteiger partial charge in [-0.2, -0.15) is 0 Å². The summed E-state index contributed by atoms with van der Waals surface area (Å²) in [4.78, 5) is 14.1. The molecule has 2 rings (SSSR count). The summed E-state index contributed by atoms with van der Waals surface area (Å²) in [6.45, 7) is 4.14. The van der Waals surface area contributed by atoms with Crippen LogP contribution in [0.1, 0.15) is 23.7 Å². The van der Waals surface area contributed by atoms with Crippen LogP contribution >= 0.6 is 0 Å². The van der Waals surface area contributed by atoms with Gasteiger partial charge in [-0.25, -0.2) is 0 Å². The van der Waals surface area contributed by atoms with Gasteiger partial charge in [0, 0.05) is 30.9 Å². The molecule has 1 unspecified atom stereocenters. The van der Waals surface area contributed by atoms with Gasteiger partial charge in [-0.1, -0.05) is 0 Å². The van der Waals surface area contributed by atoms with E-state index >= 15 is 0 Å². The minimum Gasteiger partial charge on any atom is -0.399 e. The molecule has 1 saturated heterocycles. The molecule has 17 heavy (non-hydrogen) atoms. The van der Waals surface area contributed by atoms with Gasteiger partial charge in [-0.3, -0.25) is 4.79 Å². The second kappa shape index (κ2) is 5.19. The minimum absolute atomic E-state index is 0.0577. The Morgan fingerprint density at radius 2 is 2.12 bits per heavy atom. The first-order valence-corrected chi connectivity index (χ1v) is 5.93. The minimum atomic E-state index is 0.0577. The number of anilines is 1. The van der Waals surface area contributed by atoms with Crippen LogP contribution in [0.25, 0.3) is 0 Å². The SMILES string of the molecule is CC1CN(C(=O)c2ccc(N)cc2)CCCO1. The van der Waals surface area contributed by atoms with Crippen molar-refractivity contribution in [3.63, 3.8) is 0 Å². The quantitative estimate of drug-likeness (QED) is 0.749. The van der Waals surface area contributed by atoms with Crippen molar-refractivity contribution in [3.05, 3.63) is 29.8 Å². The molecule has 1 heterocycles. The van der Waals surface area contributed by atoms with Crippen molar-refractivity contribution >= 4 is 11.6 Å². The van der Waals surface area contributed by atoms with E-state index in [-0.39, 0.29) is 12.0 Å². The summed E-state index contributed by atoms with van der Waals surface area (Å²) in [5, 5.41) is 0. The fourth-order valence-electron chi connectivity index (χ4n) is 1.99. The summed E-state index contributed by atoms with van der Waals surface area (Å²) in [6, 6.07) is 7.05. The number of nitrogens with two attached hydrogens (primary N) is 1. The third-order valence-corrected chi connectivity index (χ3v) is 2.90. The van der Waals surface area contributed by atoms with Gasteiger partial charge in [0.1, 0.15) is 0 Å². The number of hydrogen-bond acceptors (Lipinski definition) is 3. The lowest BCUT2D eigenvalue weighted by Gasteiger charge is -2.22. The first-order valence-electron chi connectivity index (χ1n) is 5.93. The third-order valence-electron chi connectivity index (χ3n) is 2.90. The number of nitrogens with zero attached hydrogens (tertiary/aromatic N) is 1. The zero-order chi connectivity index (χ0) is 12.3. The van der Waals surface area contributed by atoms with E-state index < -0.39 is 0 Å². The van der Waals surface area contributed by atoms with Crippen LogP contribution in [0.5, 0.6) is 0 Å². The molecule has 0 bridgehead atoms. The van der Waals surface area contributed by atoms with Gasteiger partial charge < -0.3 is 15.4 Å². The summed E-state index contributed by atoms with van der Waals surface area (Å²) in [5.74, 6) is 0.0577. The van der Waals surface area contributed by atoms with Crippen LogP contribution in [0.2, 0.25) is 0 Å². The van der Waals surface area contributed by atoms with Gasteiger partial charge in [-0.15, -0.1) is 0 Å². The van der Waals surface area contributed by atoms with Crippen LogP contribution in [-0.4, -0.2) is 36.6 Å². The summed E-state index contributed by atoms with van der Waals surface area (Å²) < 4.78 is 5.52. The van der Waals surface area contributed by atoms with Crippen LogP contribution in [0, 0.1) is 0 Å². The number of amides is 1. The molecule has 0 spiro atoms. The van der Waals surface area contributed by atoms with E-state index in [4.69, 9.17) is 10.5 Å². The largest absolute Gasteiger partial charge is 0.399 e. The molecule has 4 nitrogen and oxygen atoms in total. The van der Waals surface area contributed by atoms with Gasteiger partial charge in [0.25, 0.3) is 5.91 Å². The molecular formula is C13H18N2O2. The van der Waals surface area contributed by atoms with E-state index in [0.29, 0.717) is 17.8 Å². The standard InChI is InChI=1S/C13H18N2O2/c1-10-9-15(7-2-8-17-10)13(16)11-3-5-12(14)6-4-11/h3-6,10H,2,7-9,14H2,1H3. The average molecular weight is 234 g/mol. The van der Waals surface area contributed by atoms with Gasteiger partial charge in [0.05, 0.1) is 6.10 Å². The van der Waals surface area contributed by atoms with Gasteiger partial charge in [0.2, 0.25) is 0 Å². The predicted molar refractivity (Wildman–Crippen MR) is 66.8 cm³/mol. The predicted octanol–water partition coefficient (Wildman–Crippen LogP) is 1.52. The van der Waals surface area contributed by atoms with Crippen molar-refractivity contribution < 1.29 is 9.53 Å². The maximum Gasteiger partial charge on any atom is 0.253 e. The molecule has 1 fully saturated rings. The topological polar surface area (TPSA) is 55.6 Å². The molecular weight excluding hydrogens is 216 g/mol. The first-order chi connectivity index (χ1) is 8.16. The number of nitrogen functional groups attached to an aromatic ring is 1. The van der Waals surface area contributed by atoms with Crippen molar-refractivity contribution in [1.82, 2.24) is 4.90 Å². The highest BCUT2D eigenvalue weighted by Crippen LogP contribution is 2.12. The average Bonchev–Trinajstić information content (AvgIpc) is 2.54. The molecule has 0 saturated carbocycles. The Kier molecular flexibility index (Phi) is 3.64. The van der Waals surface area contributed by atoms with Crippen molar-refractivity contribution in [1.29, 1.82) is 0 Å². The number of rotatable bonds is 1. The molecule has 92 valence electrons. The van der Waals surface area contributed by atoms with E-state index in [1.54, 1.807) is 24.3 Å². The summed E-state index contributed by atoms with van der Waals surface area (Å²) in [7, 11) is 0. The van der Waals surface area contributed by atoms with E-state index in [1.165, 1.54) is 0 Å². The van der Waals surface area contributed by atoms with Gasteiger partial charge in [-0.05, 0) is 37.6 Å². The van der Waals surface area contributed by atoms with Crippen LogP contribution in [-0.2, 0) is 4.74 Å². The fraction of sp³-hybridized carbons (Fsp3) is 0.462. The van der Waals surface area contributed by atoms with Crippen molar-refractivity contribution in [2.45, 2.75) is 19.4 Å². The van der Waals surface area contributed by atoms with Crippen molar-refractivity contribution in [2.24, 2.45) is 0 Å². The van der Waals surface area contributed by atoms with Crippen LogP contribution < -0.4 is 5.73 Å². The van der Waals surface area contributed by atoms with Crippen molar-refractivity contribution in [3.8, 4) is 0 Å². The Hall–Kier alpha value is -1.55. The maximum atomic E-state index is 12.2. The monoisotopic (exact) mass is 234 g/mol. The van der Waals surface area contributed by atoms with Gasteiger partial charge in [0.15, 0.2) is 0 Å². The number of hydrogen-bond donors (Lipinski definition) is 1. The Morgan fingerprint density at radius 1 is 1.41 bits per heavy atom. The normalized spacial score (nSPS) is 21.0. The summed E-state index contributed by atoms with van der Waals surface area (Å²) in [5.41, 5.74) is 6.97. The highest BCUT2D eigenvalue weighted by atomic mass is 16.5. The Morgan fingerprint density at radius 3 is 2.82 bits per heavy atom. The van der Waals surface area contributed by atoms with E-state index in [2.05, 4.69) is 0 Å². The lowest BCUT2D eigenvalue weighted by Crippen LogP contribution is -2.35. The summed E-state index contributed by atoms with van der Waals surface area (Å²) in [6.07, 6.45) is 1.00. The Bertz CT molecular complexity index is 389. The molecule has 4 heteroatoms. The number of benzene rings is 1. The zero-order valence-electron chi connectivity index (χ0n) is 10.1. The molecule has 1 aromatic rings. The zero-order valence-corrected chi connectivity index (χ0v) is 10.1. The first kappa shape index (κ1) is 11.9. The highest BCUT2D eigenvalue weighted by Gasteiger charge is 2.20. The van der Waals surface area contributed by atoms with Crippen LogP contribution in [0.15, 0.2) is 24.3 Å². The van der Waals surface area contributed by atoms with Crippen molar-refractivity contribution in [2.75, 3.05) is 25.4 Å². The fourth-order valence-corrected chi connectivity index (χ4v) is 1.99. The Labute approximate surface area is 101 Å². The molecule has 1 atom stereocenters. The van der Waals surface area contributed by atoms with Crippen LogP contribution in [0.4, 0.5) is 5.69 Å². The lowest BCUT2D eigenvalue weighted by atomic mass is 10.1. The van der Waals surface area contributed by atoms with E-state index in [1.807, 2.05) is 11.8 Å². The third kappa shape index (κ3) is 2.97. The second-order valence-corrected chi connectivity index (χ2v) is 4.41. The second-order valence-electron chi connectivity index (χ2n) is 4.41. The lowest BCUT2D eigenvalue weighted by molar-refractivity contribution is 0.0563. The van der Waals surface area contributed by atoms with Crippen LogP contribution in [0.3, 0.4) is 0 Å². The maximum absolute atomic E-state index is 12.2. The molecule has 1 aliphatic rings. The number of carbonyl (C=O) groups is 1. The molecule has 1 aliphatic heterocycles. The molecule has 0 aliphatic carbocycles. The summed E-state index contributed by atoms with van der Waals surface area (Å²) >= 11 is 0. The molecule has 1 aromatic carbocycles. The molecule has 2 N–H and O–H groups in total. The smallest absolute Gasteiger partial charge is 0.253 e. The molecule has 0 radical (unpaired) electrons. The Balaban J connectivity index is 2.10. The van der Waals surface area contributed by atoms with E-state index in [0.717, 1.165) is 19.6 Å². The van der Waals surface area contributed by atoms with E-state index in [9.17, 15) is 4.79 Å². The number of carbonyl (C=O) groups excluding carboxylic acids is 1. The van der Waals surface area contributed by atoms with Gasteiger partial charge >= 0.3 is 0 Å². The number of ether oxygens (including phenoxy) is 1.